The van der Waals surface area contributed by atoms with E-state index in [-0.39, 0.29) is 12.5 Å². The zero-order valence-electron chi connectivity index (χ0n) is 10.4. The van der Waals surface area contributed by atoms with Crippen molar-refractivity contribution in [3.8, 4) is 0 Å². The second kappa shape index (κ2) is 7.72. The van der Waals surface area contributed by atoms with Crippen molar-refractivity contribution in [3.63, 3.8) is 0 Å². The summed E-state index contributed by atoms with van der Waals surface area (Å²) in [6, 6.07) is 7.35. The normalized spacial score (nSPS) is 13.5. The number of halogens is 4. The third-order valence-corrected chi connectivity index (χ3v) is 3.08. The van der Waals surface area contributed by atoms with E-state index in [9.17, 15) is 13.2 Å². The molecular formula is C13H17ClF3NO. The van der Waals surface area contributed by atoms with Crippen molar-refractivity contribution in [1.29, 1.82) is 0 Å². The summed E-state index contributed by atoms with van der Waals surface area (Å²) in [5.41, 5.74) is 6.61. The van der Waals surface area contributed by atoms with E-state index in [1.165, 1.54) is 0 Å². The van der Waals surface area contributed by atoms with Crippen LogP contribution in [-0.2, 0) is 4.74 Å². The number of hydrogen-bond acceptors (Lipinski definition) is 2. The zero-order chi connectivity index (χ0) is 14.3. The quantitative estimate of drug-likeness (QED) is 0.778. The van der Waals surface area contributed by atoms with Crippen LogP contribution in [0.2, 0.25) is 5.02 Å². The minimum absolute atomic E-state index is 0.0446. The molecule has 0 aliphatic carbocycles. The van der Waals surface area contributed by atoms with Gasteiger partial charge in [-0.2, -0.15) is 13.2 Å². The Balaban J connectivity index is 2.36. The van der Waals surface area contributed by atoms with E-state index in [1.807, 2.05) is 18.2 Å². The van der Waals surface area contributed by atoms with Crippen LogP contribution in [0.15, 0.2) is 24.3 Å². The van der Waals surface area contributed by atoms with Crippen molar-refractivity contribution in [2.24, 2.45) is 5.73 Å². The minimum atomic E-state index is -4.27. The van der Waals surface area contributed by atoms with Crippen LogP contribution in [-0.4, -0.2) is 25.9 Å². The van der Waals surface area contributed by atoms with Gasteiger partial charge in [0.05, 0.1) is 0 Å². The smallest absolute Gasteiger partial charge is 0.372 e. The molecule has 0 bridgehead atoms. The van der Waals surface area contributed by atoms with E-state index in [0.717, 1.165) is 5.56 Å². The Morgan fingerprint density at radius 2 is 1.95 bits per heavy atom. The number of alkyl halides is 3. The maximum Gasteiger partial charge on any atom is 0.411 e. The zero-order valence-corrected chi connectivity index (χ0v) is 11.2. The van der Waals surface area contributed by atoms with Crippen molar-refractivity contribution in [2.45, 2.75) is 24.9 Å². The van der Waals surface area contributed by atoms with Gasteiger partial charge in [0.25, 0.3) is 0 Å². The highest BCUT2D eigenvalue weighted by molar-refractivity contribution is 6.31. The van der Waals surface area contributed by atoms with Crippen LogP contribution in [0.25, 0.3) is 0 Å². The Morgan fingerprint density at radius 1 is 1.26 bits per heavy atom. The second-order valence-corrected chi connectivity index (χ2v) is 4.67. The highest BCUT2D eigenvalue weighted by Gasteiger charge is 2.27. The lowest BCUT2D eigenvalue weighted by molar-refractivity contribution is -0.174. The maximum atomic E-state index is 11.9. The van der Waals surface area contributed by atoms with Gasteiger partial charge in [-0.05, 0) is 36.9 Å². The standard InChI is InChI=1S/C13H17ClF3NO/c14-12-6-2-1-5-11(12)10(8-18)4-3-7-19-9-13(15,16)17/h1-2,5-6,10H,3-4,7-9,18H2. The fourth-order valence-electron chi connectivity index (χ4n) is 1.83. The van der Waals surface area contributed by atoms with Gasteiger partial charge in [-0.3, -0.25) is 0 Å². The summed E-state index contributed by atoms with van der Waals surface area (Å²) in [7, 11) is 0. The molecule has 108 valence electrons. The van der Waals surface area contributed by atoms with Crippen molar-refractivity contribution >= 4 is 11.6 Å². The molecule has 6 heteroatoms. The average molecular weight is 296 g/mol. The van der Waals surface area contributed by atoms with E-state index in [1.54, 1.807) is 6.07 Å². The van der Waals surface area contributed by atoms with Gasteiger partial charge in [0.1, 0.15) is 6.61 Å². The fourth-order valence-corrected chi connectivity index (χ4v) is 2.12. The summed E-state index contributed by atoms with van der Waals surface area (Å²) in [6.45, 7) is -0.726. The Bertz CT molecular complexity index is 384. The first kappa shape index (κ1) is 16.3. The van der Waals surface area contributed by atoms with Gasteiger partial charge in [0, 0.05) is 11.6 Å². The second-order valence-electron chi connectivity index (χ2n) is 4.26. The Labute approximate surface area is 115 Å². The first-order valence-corrected chi connectivity index (χ1v) is 6.41. The molecule has 1 atom stereocenters. The minimum Gasteiger partial charge on any atom is -0.372 e. The van der Waals surface area contributed by atoms with Gasteiger partial charge >= 0.3 is 6.18 Å². The molecule has 1 rings (SSSR count). The molecule has 0 fully saturated rings. The molecule has 0 radical (unpaired) electrons. The Kier molecular flexibility index (Phi) is 6.62. The number of ether oxygens (including phenoxy) is 1. The largest absolute Gasteiger partial charge is 0.411 e. The molecule has 0 saturated carbocycles. The van der Waals surface area contributed by atoms with E-state index in [4.69, 9.17) is 17.3 Å². The van der Waals surface area contributed by atoms with Crippen LogP contribution in [0.1, 0.15) is 24.3 Å². The van der Waals surface area contributed by atoms with E-state index < -0.39 is 12.8 Å². The molecule has 0 saturated heterocycles. The number of nitrogens with two attached hydrogens (primary N) is 1. The lowest BCUT2D eigenvalue weighted by atomic mass is 9.94. The van der Waals surface area contributed by atoms with Crippen molar-refractivity contribution < 1.29 is 17.9 Å². The van der Waals surface area contributed by atoms with Gasteiger partial charge in [-0.25, -0.2) is 0 Å². The molecular weight excluding hydrogens is 279 g/mol. The van der Waals surface area contributed by atoms with Crippen molar-refractivity contribution in [2.75, 3.05) is 19.8 Å². The van der Waals surface area contributed by atoms with Gasteiger partial charge in [-0.15, -0.1) is 0 Å². The maximum absolute atomic E-state index is 11.9. The summed E-state index contributed by atoms with van der Waals surface area (Å²) in [5.74, 6) is 0.0446. The monoisotopic (exact) mass is 295 g/mol. The van der Waals surface area contributed by atoms with Crippen LogP contribution >= 0.6 is 11.6 Å². The average Bonchev–Trinajstić information content (AvgIpc) is 2.34. The molecule has 0 heterocycles. The number of hydrogen-bond donors (Lipinski definition) is 1. The predicted molar refractivity (Wildman–Crippen MR) is 69.4 cm³/mol. The summed E-state index contributed by atoms with van der Waals surface area (Å²) in [5, 5.41) is 0.633. The summed E-state index contributed by atoms with van der Waals surface area (Å²) < 4.78 is 40.1. The molecule has 1 aromatic carbocycles. The van der Waals surface area contributed by atoms with Crippen LogP contribution in [0, 0.1) is 0 Å². The molecule has 0 aromatic heterocycles. The fraction of sp³-hybridized carbons (Fsp3) is 0.538. The van der Waals surface area contributed by atoms with Crippen LogP contribution in [0.5, 0.6) is 0 Å². The molecule has 1 unspecified atom stereocenters. The molecule has 1 aromatic rings. The van der Waals surface area contributed by atoms with Gasteiger partial charge in [-0.1, -0.05) is 29.8 Å². The lowest BCUT2D eigenvalue weighted by Gasteiger charge is -2.16. The summed E-state index contributed by atoms with van der Waals surface area (Å²) >= 11 is 6.06. The topological polar surface area (TPSA) is 35.2 Å². The molecule has 0 spiro atoms. The lowest BCUT2D eigenvalue weighted by Crippen LogP contribution is -2.18. The first-order valence-electron chi connectivity index (χ1n) is 6.03. The number of benzene rings is 1. The summed E-state index contributed by atoms with van der Waals surface area (Å²) in [4.78, 5) is 0. The molecule has 19 heavy (non-hydrogen) atoms. The highest BCUT2D eigenvalue weighted by Crippen LogP contribution is 2.27. The van der Waals surface area contributed by atoms with Crippen LogP contribution in [0.3, 0.4) is 0 Å². The van der Waals surface area contributed by atoms with E-state index >= 15 is 0 Å². The third kappa shape index (κ3) is 6.27. The molecule has 0 aliphatic rings. The van der Waals surface area contributed by atoms with E-state index in [0.29, 0.717) is 24.4 Å². The van der Waals surface area contributed by atoms with Crippen molar-refractivity contribution in [3.05, 3.63) is 34.9 Å². The Hall–Kier alpha value is -0.780. The van der Waals surface area contributed by atoms with Gasteiger partial charge < -0.3 is 10.5 Å². The Morgan fingerprint density at radius 3 is 2.53 bits per heavy atom. The highest BCUT2D eigenvalue weighted by atomic mass is 35.5. The SMILES string of the molecule is NCC(CCCOCC(F)(F)F)c1ccccc1Cl. The molecule has 0 amide bonds. The predicted octanol–water partition coefficient (Wildman–Crippen LogP) is 3.74. The van der Waals surface area contributed by atoms with Gasteiger partial charge in [0.2, 0.25) is 0 Å². The van der Waals surface area contributed by atoms with Crippen molar-refractivity contribution in [1.82, 2.24) is 0 Å². The third-order valence-electron chi connectivity index (χ3n) is 2.74. The van der Waals surface area contributed by atoms with Gasteiger partial charge in [0.15, 0.2) is 0 Å². The van der Waals surface area contributed by atoms with Crippen LogP contribution in [0.4, 0.5) is 13.2 Å². The molecule has 0 aliphatic heterocycles. The summed E-state index contributed by atoms with van der Waals surface area (Å²) in [6.07, 6.45) is -3.10. The molecule has 2 nitrogen and oxygen atoms in total. The van der Waals surface area contributed by atoms with E-state index in [2.05, 4.69) is 4.74 Å². The van der Waals surface area contributed by atoms with Crippen LogP contribution < -0.4 is 5.73 Å². The number of rotatable bonds is 7. The molecule has 2 N–H and O–H groups in total. The first-order chi connectivity index (χ1) is 8.94.